The molecule has 1 aliphatic carbocycles. The minimum Gasteiger partial charge on any atom is -0.109 e. The molecule has 0 fully saturated rings. The molecule has 10 heteroatoms. The number of nitrogens with zero attached hydrogens (tertiary/aromatic N) is 4. The van der Waals surface area contributed by atoms with Crippen LogP contribution in [0.2, 0.25) is 27.3 Å². The maximum absolute atomic E-state index is 7.01. The normalized spacial score (nSPS) is 14.3. The van der Waals surface area contributed by atoms with E-state index in [2.05, 4.69) is 134 Å². The number of hydrogen-bond donors (Lipinski definition) is 0. The monoisotopic (exact) mass is 772 g/mol. The number of aromatic nitrogens is 4. The quantitative estimate of drug-likeness (QED) is 0.0779. The second-order valence-corrected chi connectivity index (χ2v) is 15.1. The van der Waals surface area contributed by atoms with Gasteiger partial charge in [0.15, 0.2) is 0 Å². The zero-order valence-corrected chi connectivity index (χ0v) is 36.2. The van der Waals surface area contributed by atoms with Crippen molar-refractivity contribution < 1.29 is 8.83 Å². The Kier molecular flexibility index (Phi) is 13.2. The predicted octanol–water partition coefficient (Wildman–Crippen LogP) is 10.6. The molecular weight excluding hydrogens is 720 g/mol. The van der Waals surface area contributed by atoms with E-state index in [9.17, 15) is 0 Å². The first-order valence-corrected chi connectivity index (χ1v) is 20.6. The van der Waals surface area contributed by atoms with Gasteiger partial charge in [0.2, 0.25) is 0 Å². The van der Waals surface area contributed by atoms with Crippen LogP contribution in [0.1, 0.15) is 84.5 Å². The third-order valence-corrected chi connectivity index (χ3v) is 10.9. The topological polar surface area (TPSA) is 77.8 Å². The first-order chi connectivity index (χ1) is 28.5. The van der Waals surface area contributed by atoms with Crippen LogP contribution in [-0.2, 0) is 5.41 Å². The van der Waals surface area contributed by atoms with Crippen molar-refractivity contribution in [3.8, 4) is 11.1 Å². The Morgan fingerprint density at radius 1 is 0.898 bits per heavy atom. The molecule has 3 heterocycles. The maximum atomic E-state index is 7.01. The summed E-state index contributed by atoms with van der Waals surface area (Å²) in [7, 11) is 2.34. The smallest absolute Gasteiger partial charge is 0.109 e. The number of oxazole rings is 1. The second kappa shape index (κ2) is 18.3. The molecule has 0 aliphatic heterocycles. The van der Waals surface area contributed by atoms with E-state index in [0.29, 0.717) is 30.3 Å². The third-order valence-electron chi connectivity index (χ3n) is 10.9. The number of hydrogen-bond acceptors (Lipinski definition) is 6. The Morgan fingerprint density at radius 3 is 2.32 bits per heavy atom. The third kappa shape index (κ3) is 8.18. The zero-order valence-electron chi connectivity index (χ0n) is 36.2. The van der Waals surface area contributed by atoms with Crippen LogP contribution in [0.5, 0.6) is 0 Å². The van der Waals surface area contributed by atoms with Crippen LogP contribution in [0.3, 0.4) is 0 Å². The van der Waals surface area contributed by atoms with Crippen molar-refractivity contribution >= 4 is 73.6 Å². The molecule has 6 rings (SSSR count). The van der Waals surface area contributed by atoms with Crippen molar-refractivity contribution in [2.45, 2.75) is 67.3 Å². The fraction of sp³-hybridized carbons (Fsp3) is 0.204. The van der Waals surface area contributed by atoms with Crippen LogP contribution < -0.4 is 0 Å². The number of benzene rings is 2. The minimum atomic E-state index is -0.240. The summed E-state index contributed by atoms with van der Waals surface area (Å²) < 4.78 is 12.9. The first-order valence-electron chi connectivity index (χ1n) is 20.6. The summed E-state index contributed by atoms with van der Waals surface area (Å²) in [5.41, 5.74) is 14.6. The molecule has 292 valence electrons. The Morgan fingerprint density at radius 2 is 1.64 bits per heavy atom. The second-order valence-electron chi connectivity index (χ2n) is 15.1. The Hall–Kier alpha value is -6.01. The van der Waals surface area contributed by atoms with E-state index in [0.717, 1.165) is 92.8 Å². The molecule has 59 heavy (non-hydrogen) atoms. The molecule has 0 atom stereocenters. The van der Waals surface area contributed by atoms with Crippen LogP contribution in [0, 0.1) is 6.92 Å². The van der Waals surface area contributed by atoms with Gasteiger partial charge in [0.05, 0.1) is 0 Å². The van der Waals surface area contributed by atoms with E-state index >= 15 is 0 Å². The molecule has 0 N–H and O–H groups in total. The number of furan rings is 1. The van der Waals surface area contributed by atoms with Crippen LogP contribution in [-0.4, -0.2) is 54.7 Å². The van der Waals surface area contributed by atoms with Gasteiger partial charge in [-0.05, 0) is 6.92 Å². The molecule has 6 nitrogen and oxygen atoms in total. The van der Waals surface area contributed by atoms with Crippen molar-refractivity contribution in [2.24, 2.45) is 0 Å². The van der Waals surface area contributed by atoms with E-state index in [4.69, 9.17) is 23.8 Å². The van der Waals surface area contributed by atoms with Crippen molar-refractivity contribution in [3.63, 3.8) is 0 Å². The summed E-state index contributed by atoms with van der Waals surface area (Å²) in [5.74, 6) is 9.77. The van der Waals surface area contributed by atoms with Gasteiger partial charge in [0.25, 0.3) is 0 Å². The molecule has 0 saturated carbocycles. The standard InChI is InChI=1S/C49H52B4N4O2/c1-13-16-18-29(4)46-55-47(34(17-14-2)25-50-9)57-48(56-46)40(53-12)24-32(15-3)37(27-52-11)44-31(6)36(26-51-10)43(59-44)30(5)33-19-20-35-39(23-33)49(7,8)38-21-22-41-45(42(35)38)58-28-54-41/h13-28,50,52-53H,1,4-5H2,2-3,6-12H3/b17-14-,18-16-,32-15+,34-25+,37-27-,40-24-. The number of allylic oxidation sites excluding steroid dienone is 11. The molecule has 0 radical (unpaired) electrons. The fourth-order valence-corrected chi connectivity index (χ4v) is 7.89. The van der Waals surface area contributed by atoms with E-state index in [1.54, 1.807) is 6.08 Å². The number of rotatable bonds is 15. The predicted molar refractivity (Wildman–Crippen MR) is 260 cm³/mol. The molecule has 5 aromatic rings. The van der Waals surface area contributed by atoms with Crippen LogP contribution in [0.4, 0.5) is 0 Å². The Bertz CT molecular complexity index is 2700. The van der Waals surface area contributed by atoms with Gasteiger partial charge in [-0.3, -0.25) is 0 Å². The van der Waals surface area contributed by atoms with Crippen LogP contribution in [0.25, 0.3) is 50.0 Å². The van der Waals surface area contributed by atoms with Gasteiger partial charge < -0.3 is 0 Å². The zero-order chi connectivity index (χ0) is 42.4. The van der Waals surface area contributed by atoms with Crippen molar-refractivity contribution in [2.75, 3.05) is 0 Å². The van der Waals surface area contributed by atoms with Gasteiger partial charge in [0, 0.05) is 0 Å². The fourth-order valence-electron chi connectivity index (χ4n) is 7.89. The SMILES string of the molecule is C=C/C=C\C(=C)c1nc(/C(BC)=C/C(=C\C)C(=C/BC)/c2oc(C(=C)c3ccc4c(c3)C(C)(C)c3ccc5ncoc5c3-4)c(/C=B\C)c2C)nc(C(/C=C\C)=C/BC)n1. The van der Waals surface area contributed by atoms with Crippen molar-refractivity contribution in [1.29, 1.82) is 0 Å². The van der Waals surface area contributed by atoms with Crippen molar-refractivity contribution in [3.05, 3.63) is 173 Å². The number of fused-ring (bicyclic) bond motifs is 5. The van der Waals surface area contributed by atoms with Gasteiger partial charge in [-0.25, -0.2) is 0 Å². The van der Waals surface area contributed by atoms with E-state index in [1.165, 1.54) is 17.5 Å². The summed E-state index contributed by atoms with van der Waals surface area (Å²) in [5, 5.41) is 0. The molecule has 1 aliphatic rings. The summed E-state index contributed by atoms with van der Waals surface area (Å²) in [6, 6.07) is 10.8. The van der Waals surface area contributed by atoms with E-state index in [1.807, 2.05) is 44.1 Å². The molecular formula is C49H52B4N4O2. The summed E-state index contributed by atoms with van der Waals surface area (Å²) in [6.45, 7) is 33.9. The van der Waals surface area contributed by atoms with Gasteiger partial charge in [-0.2, -0.15) is 0 Å². The van der Waals surface area contributed by atoms with Gasteiger partial charge in [0.1, 0.15) is 7.28 Å². The van der Waals surface area contributed by atoms with Gasteiger partial charge in [-0.15, -0.1) is 5.98 Å². The average molecular weight is 772 g/mol. The summed E-state index contributed by atoms with van der Waals surface area (Å²) >= 11 is 0. The molecule has 0 bridgehead atoms. The van der Waals surface area contributed by atoms with Crippen LogP contribution in [0.15, 0.2) is 125 Å². The summed E-state index contributed by atoms with van der Waals surface area (Å²) in [6.07, 6.45) is 15.3. The average Bonchev–Trinajstić information content (AvgIpc) is 3.91. The van der Waals surface area contributed by atoms with Crippen LogP contribution >= 0.6 is 0 Å². The van der Waals surface area contributed by atoms with Gasteiger partial charge >= 0.3 is 284 Å². The van der Waals surface area contributed by atoms with Gasteiger partial charge in [-0.1, -0.05) is 50.4 Å². The molecule has 0 unspecified atom stereocenters. The van der Waals surface area contributed by atoms with E-state index < -0.39 is 0 Å². The molecule has 0 amide bonds. The first kappa shape index (κ1) is 42.6. The Labute approximate surface area is 352 Å². The molecule has 2 aromatic carbocycles. The summed E-state index contributed by atoms with van der Waals surface area (Å²) in [4.78, 5) is 19.3. The molecule has 0 saturated heterocycles. The van der Waals surface area contributed by atoms with Crippen molar-refractivity contribution in [1.82, 2.24) is 19.9 Å². The van der Waals surface area contributed by atoms with E-state index in [-0.39, 0.29) is 5.41 Å². The molecule has 3 aromatic heterocycles. The minimum absolute atomic E-state index is 0.240. The molecule has 0 spiro atoms. The Balaban J connectivity index is 1.45.